The molecule has 0 aromatic heterocycles. The number of nitrogens with zero attached hydrogens (tertiary/aromatic N) is 2. The van der Waals surface area contributed by atoms with E-state index in [0.717, 1.165) is 48.8 Å². The van der Waals surface area contributed by atoms with Gasteiger partial charge in [0.05, 0.1) is 11.8 Å². The first-order valence-corrected chi connectivity index (χ1v) is 10.6. The molecule has 4 saturated carbocycles. The summed E-state index contributed by atoms with van der Waals surface area (Å²) < 4.78 is 0. The summed E-state index contributed by atoms with van der Waals surface area (Å²) in [4.78, 5) is 39.9. The van der Waals surface area contributed by atoms with Crippen molar-refractivity contribution in [2.45, 2.75) is 56.5 Å². The summed E-state index contributed by atoms with van der Waals surface area (Å²) in [5.74, 6) is 2.54. The van der Waals surface area contributed by atoms with Crippen LogP contribution in [0.1, 0.15) is 44.9 Å². The number of imide groups is 1. The van der Waals surface area contributed by atoms with E-state index in [4.69, 9.17) is 0 Å². The van der Waals surface area contributed by atoms with Gasteiger partial charge in [0.15, 0.2) is 0 Å². The van der Waals surface area contributed by atoms with Gasteiger partial charge in [-0.2, -0.15) is 0 Å². The van der Waals surface area contributed by atoms with E-state index in [2.05, 4.69) is 5.32 Å². The summed E-state index contributed by atoms with van der Waals surface area (Å²) in [7, 11) is 0. The van der Waals surface area contributed by atoms with Crippen LogP contribution in [0.25, 0.3) is 0 Å². The maximum atomic E-state index is 12.9. The van der Waals surface area contributed by atoms with E-state index in [0.29, 0.717) is 19.5 Å². The molecular formula is C18H25N3O3S. The second-order valence-electron chi connectivity index (χ2n) is 8.83. The molecule has 25 heavy (non-hydrogen) atoms. The maximum Gasteiger partial charge on any atom is 0.317 e. The first-order valence-electron chi connectivity index (χ1n) is 9.57. The van der Waals surface area contributed by atoms with Crippen LogP contribution in [0.3, 0.4) is 0 Å². The summed E-state index contributed by atoms with van der Waals surface area (Å²) in [6.45, 7) is 1.11. The molecule has 7 heteroatoms. The molecule has 4 amide bonds. The zero-order valence-corrected chi connectivity index (χ0v) is 15.2. The zero-order valence-electron chi connectivity index (χ0n) is 14.4. The van der Waals surface area contributed by atoms with Crippen molar-refractivity contribution < 1.29 is 14.4 Å². The standard InChI is InChI=1S/C18H25N3O3S/c22-15-10-25-17(24)21(15)14-1-2-20(9-14)16(23)19-18-6-11-3-12(7-18)5-13(4-11)8-18/h11-14H,1-10H2,(H,19,23). The Kier molecular flexibility index (Phi) is 3.60. The molecule has 0 aromatic rings. The summed E-state index contributed by atoms with van der Waals surface area (Å²) in [6, 6.07) is -0.131. The van der Waals surface area contributed by atoms with Gasteiger partial charge in [0.1, 0.15) is 0 Å². The molecule has 4 aliphatic carbocycles. The van der Waals surface area contributed by atoms with Gasteiger partial charge >= 0.3 is 6.03 Å². The molecule has 0 radical (unpaired) electrons. The minimum Gasteiger partial charge on any atom is -0.333 e. The highest BCUT2D eigenvalue weighted by atomic mass is 32.2. The molecule has 1 unspecified atom stereocenters. The molecule has 6 nitrogen and oxygen atoms in total. The molecule has 2 heterocycles. The Morgan fingerprint density at radius 3 is 2.28 bits per heavy atom. The molecule has 4 bridgehead atoms. The fourth-order valence-corrected chi connectivity index (χ4v) is 7.20. The molecular weight excluding hydrogens is 338 g/mol. The van der Waals surface area contributed by atoms with Gasteiger partial charge in [-0.1, -0.05) is 11.8 Å². The average molecular weight is 363 g/mol. The maximum absolute atomic E-state index is 12.9. The Morgan fingerprint density at radius 2 is 1.72 bits per heavy atom. The Labute approximate surface area is 152 Å². The highest BCUT2D eigenvalue weighted by Crippen LogP contribution is 2.55. The van der Waals surface area contributed by atoms with Crippen molar-refractivity contribution in [3.05, 3.63) is 0 Å². The third-order valence-electron chi connectivity index (χ3n) is 7.01. The monoisotopic (exact) mass is 363 g/mol. The highest BCUT2D eigenvalue weighted by molar-refractivity contribution is 8.14. The molecule has 6 rings (SSSR count). The summed E-state index contributed by atoms with van der Waals surface area (Å²) in [5, 5.41) is 3.24. The first-order chi connectivity index (χ1) is 12.0. The molecule has 6 aliphatic rings. The van der Waals surface area contributed by atoms with Gasteiger partial charge in [-0.3, -0.25) is 14.5 Å². The number of likely N-dealkylation sites (tertiary alicyclic amines) is 1. The van der Waals surface area contributed by atoms with Crippen LogP contribution in [0, 0.1) is 17.8 Å². The lowest BCUT2D eigenvalue weighted by atomic mass is 9.53. The van der Waals surface area contributed by atoms with Crippen molar-refractivity contribution >= 4 is 28.9 Å². The Balaban J connectivity index is 1.24. The number of rotatable bonds is 2. The van der Waals surface area contributed by atoms with E-state index < -0.39 is 0 Å². The Morgan fingerprint density at radius 1 is 1.08 bits per heavy atom. The molecule has 0 spiro atoms. The highest BCUT2D eigenvalue weighted by Gasteiger charge is 2.52. The van der Waals surface area contributed by atoms with E-state index in [9.17, 15) is 14.4 Å². The second kappa shape index (κ2) is 5.63. The van der Waals surface area contributed by atoms with E-state index in [1.54, 1.807) is 0 Å². The van der Waals surface area contributed by atoms with Gasteiger partial charge in [-0.05, 0) is 62.7 Å². The second-order valence-corrected chi connectivity index (χ2v) is 9.76. The number of nitrogens with one attached hydrogen (secondary N) is 1. The van der Waals surface area contributed by atoms with Crippen LogP contribution in [0.15, 0.2) is 0 Å². The quantitative estimate of drug-likeness (QED) is 0.818. The van der Waals surface area contributed by atoms with Crippen molar-refractivity contribution in [1.82, 2.24) is 15.1 Å². The van der Waals surface area contributed by atoms with Gasteiger partial charge in [0, 0.05) is 18.6 Å². The van der Waals surface area contributed by atoms with Crippen molar-refractivity contribution in [1.29, 1.82) is 0 Å². The third-order valence-corrected chi connectivity index (χ3v) is 7.85. The van der Waals surface area contributed by atoms with E-state index in [1.807, 2.05) is 4.90 Å². The lowest BCUT2D eigenvalue weighted by Crippen LogP contribution is -2.61. The molecule has 1 N–H and O–H groups in total. The van der Waals surface area contributed by atoms with Crippen molar-refractivity contribution in [3.63, 3.8) is 0 Å². The third kappa shape index (κ3) is 2.66. The number of hydrogen-bond acceptors (Lipinski definition) is 4. The molecule has 2 aliphatic heterocycles. The molecule has 2 saturated heterocycles. The first kappa shape index (κ1) is 16.0. The molecule has 6 fully saturated rings. The minimum atomic E-state index is -0.154. The number of urea groups is 1. The zero-order chi connectivity index (χ0) is 17.2. The van der Waals surface area contributed by atoms with Gasteiger partial charge in [0.25, 0.3) is 5.24 Å². The minimum absolute atomic E-state index is 0.0104. The summed E-state index contributed by atoms with van der Waals surface area (Å²) in [5.41, 5.74) is 0.0130. The predicted molar refractivity (Wildman–Crippen MR) is 94.1 cm³/mol. The largest absolute Gasteiger partial charge is 0.333 e. The number of carbonyl (C=O) groups is 3. The summed E-state index contributed by atoms with van der Waals surface area (Å²) in [6.07, 6.45) is 8.20. The number of amides is 4. The van der Waals surface area contributed by atoms with E-state index in [-0.39, 0.29) is 34.5 Å². The molecule has 0 aromatic carbocycles. The topological polar surface area (TPSA) is 69.7 Å². The van der Waals surface area contributed by atoms with Crippen LogP contribution in [0.2, 0.25) is 0 Å². The van der Waals surface area contributed by atoms with Gasteiger partial charge < -0.3 is 10.2 Å². The fourth-order valence-electron chi connectivity index (χ4n) is 6.42. The Bertz CT molecular complexity index is 586. The van der Waals surface area contributed by atoms with Gasteiger partial charge in [0.2, 0.25) is 5.91 Å². The van der Waals surface area contributed by atoms with E-state index >= 15 is 0 Å². The van der Waals surface area contributed by atoms with Gasteiger partial charge in [-0.15, -0.1) is 0 Å². The van der Waals surface area contributed by atoms with Crippen LogP contribution < -0.4 is 5.32 Å². The van der Waals surface area contributed by atoms with Crippen molar-refractivity contribution in [2.75, 3.05) is 18.8 Å². The van der Waals surface area contributed by atoms with Gasteiger partial charge in [-0.25, -0.2) is 4.79 Å². The van der Waals surface area contributed by atoms with Crippen LogP contribution in [-0.4, -0.2) is 57.4 Å². The molecule has 1 atom stereocenters. The van der Waals surface area contributed by atoms with Crippen LogP contribution in [0.4, 0.5) is 9.59 Å². The number of hydrogen-bond donors (Lipinski definition) is 1. The lowest BCUT2D eigenvalue weighted by molar-refractivity contribution is -0.126. The van der Waals surface area contributed by atoms with Crippen molar-refractivity contribution in [2.24, 2.45) is 17.8 Å². The van der Waals surface area contributed by atoms with Crippen LogP contribution in [-0.2, 0) is 4.79 Å². The van der Waals surface area contributed by atoms with Crippen LogP contribution >= 0.6 is 11.8 Å². The smallest absolute Gasteiger partial charge is 0.317 e. The molecule has 136 valence electrons. The SMILES string of the molecule is O=C(NC12CC3CC(CC(C3)C1)C2)N1CCC(N2C(=O)CSC2=O)C1. The summed E-state index contributed by atoms with van der Waals surface area (Å²) >= 11 is 1.07. The van der Waals surface area contributed by atoms with Crippen molar-refractivity contribution in [3.8, 4) is 0 Å². The van der Waals surface area contributed by atoms with Crippen LogP contribution in [0.5, 0.6) is 0 Å². The average Bonchev–Trinajstić information content (AvgIpc) is 3.12. The number of carbonyl (C=O) groups excluding carboxylic acids is 3. The Hall–Kier alpha value is -1.24. The van der Waals surface area contributed by atoms with E-state index in [1.165, 1.54) is 24.2 Å². The lowest BCUT2D eigenvalue weighted by Gasteiger charge is -2.57. The fraction of sp³-hybridized carbons (Fsp3) is 0.833. The number of thioether (sulfide) groups is 1. The predicted octanol–water partition coefficient (Wildman–Crippen LogP) is 2.43. The normalized spacial score (nSPS) is 42.6.